The van der Waals surface area contributed by atoms with E-state index in [0.717, 1.165) is 11.7 Å². The van der Waals surface area contributed by atoms with E-state index in [1.165, 1.54) is 37.7 Å². The van der Waals surface area contributed by atoms with Crippen molar-refractivity contribution in [3.8, 4) is 5.75 Å². The van der Waals surface area contributed by atoms with Gasteiger partial charge in [0.05, 0.1) is 6.61 Å². The molecule has 2 rings (SSSR count). The van der Waals surface area contributed by atoms with Crippen molar-refractivity contribution in [1.29, 1.82) is 0 Å². The summed E-state index contributed by atoms with van der Waals surface area (Å²) in [4.78, 5) is 0. The molecule has 3 heteroatoms. The molecule has 0 aliphatic heterocycles. The molecular formula is C17H28N2O. The van der Waals surface area contributed by atoms with E-state index in [2.05, 4.69) is 30.5 Å². The van der Waals surface area contributed by atoms with Crippen LogP contribution in [-0.4, -0.2) is 6.61 Å². The third kappa shape index (κ3) is 3.74. The maximum Gasteiger partial charge on any atom is 0.119 e. The van der Waals surface area contributed by atoms with Gasteiger partial charge in [-0.25, -0.2) is 0 Å². The Morgan fingerprint density at radius 2 is 2.20 bits per heavy atom. The molecule has 0 spiro atoms. The smallest absolute Gasteiger partial charge is 0.119 e. The van der Waals surface area contributed by atoms with Crippen LogP contribution in [0.4, 0.5) is 0 Å². The van der Waals surface area contributed by atoms with Crippen molar-refractivity contribution < 1.29 is 4.74 Å². The summed E-state index contributed by atoms with van der Waals surface area (Å²) in [7, 11) is 0. The first-order valence-electron chi connectivity index (χ1n) is 7.97. The van der Waals surface area contributed by atoms with Crippen molar-refractivity contribution in [2.45, 2.75) is 52.0 Å². The Balaban J connectivity index is 2.12. The first-order chi connectivity index (χ1) is 9.78. The second kappa shape index (κ2) is 7.65. The lowest BCUT2D eigenvalue weighted by Gasteiger charge is -2.34. The van der Waals surface area contributed by atoms with Gasteiger partial charge in [0.25, 0.3) is 0 Å². The standard InChI is InChI=1S/C17H28N2O/c1-3-13-7-5-8-14(11-13)17(19-18)15-9-6-10-16(12-15)20-4-2/h6,9-10,12-14,17,19H,3-5,7-8,11,18H2,1-2H3. The van der Waals surface area contributed by atoms with Crippen molar-refractivity contribution in [1.82, 2.24) is 5.43 Å². The molecule has 20 heavy (non-hydrogen) atoms. The Labute approximate surface area is 122 Å². The molecule has 0 saturated heterocycles. The third-order valence-electron chi connectivity index (χ3n) is 4.58. The highest BCUT2D eigenvalue weighted by molar-refractivity contribution is 5.31. The first-order valence-corrected chi connectivity index (χ1v) is 7.97. The second-order valence-corrected chi connectivity index (χ2v) is 5.85. The number of benzene rings is 1. The highest BCUT2D eigenvalue weighted by Crippen LogP contribution is 2.38. The summed E-state index contributed by atoms with van der Waals surface area (Å²) in [6.45, 7) is 5.01. The molecular weight excluding hydrogens is 248 g/mol. The highest BCUT2D eigenvalue weighted by atomic mass is 16.5. The van der Waals surface area contributed by atoms with Crippen LogP contribution in [0.1, 0.15) is 57.6 Å². The molecule has 0 aromatic heterocycles. The zero-order valence-corrected chi connectivity index (χ0v) is 12.8. The molecule has 1 aromatic carbocycles. The lowest BCUT2D eigenvalue weighted by atomic mass is 9.75. The molecule has 1 aromatic rings. The number of ether oxygens (including phenoxy) is 1. The largest absolute Gasteiger partial charge is 0.494 e. The Bertz CT molecular complexity index is 408. The summed E-state index contributed by atoms with van der Waals surface area (Å²) in [6, 6.07) is 8.59. The average Bonchev–Trinajstić information content (AvgIpc) is 2.49. The van der Waals surface area contributed by atoms with Crippen LogP contribution in [0, 0.1) is 11.8 Å². The number of rotatable bonds is 6. The number of hydrogen-bond acceptors (Lipinski definition) is 3. The molecule has 1 aliphatic rings. The molecule has 3 N–H and O–H groups in total. The van der Waals surface area contributed by atoms with E-state index in [0.29, 0.717) is 12.5 Å². The Morgan fingerprint density at radius 1 is 1.35 bits per heavy atom. The number of nitrogens with one attached hydrogen (secondary N) is 1. The van der Waals surface area contributed by atoms with Gasteiger partial charge in [-0.05, 0) is 49.3 Å². The van der Waals surface area contributed by atoms with Crippen LogP contribution in [0.5, 0.6) is 5.75 Å². The van der Waals surface area contributed by atoms with Gasteiger partial charge in [-0.3, -0.25) is 11.3 Å². The fraction of sp³-hybridized carbons (Fsp3) is 0.647. The van der Waals surface area contributed by atoms with Crippen molar-refractivity contribution in [2.75, 3.05) is 6.61 Å². The van der Waals surface area contributed by atoms with E-state index in [4.69, 9.17) is 10.6 Å². The highest BCUT2D eigenvalue weighted by Gasteiger charge is 2.28. The second-order valence-electron chi connectivity index (χ2n) is 5.85. The summed E-state index contributed by atoms with van der Waals surface area (Å²) in [5.41, 5.74) is 4.30. The van der Waals surface area contributed by atoms with Crippen LogP contribution in [-0.2, 0) is 0 Å². The zero-order valence-electron chi connectivity index (χ0n) is 12.8. The molecule has 0 amide bonds. The van der Waals surface area contributed by atoms with Crippen molar-refractivity contribution in [2.24, 2.45) is 17.7 Å². The van der Waals surface area contributed by atoms with Crippen LogP contribution < -0.4 is 16.0 Å². The molecule has 1 saturated carbocycles. The van der Waals surface area contributed by atoms with Crippen molar-refractivity contribution in [3.05, 3.63) is 29.8 Å². The van der Waals surface area contributed by atoms with E-state index < -0.39 is 0 Å². The van der Waals surface area contributed by atoms with Crippen LogP contribution in [0.25, 0.3) is 0 Å². The average molecular weight is 276 g/mol. The van der Waals surface area contributed by atoms with Gasteiger partial charge in [0.15, 0.2) is 0 Å². The predicted molar refractivity (Wildman–Crippen MR) is 83.4 cm³/mol. The van der Waals surface area contributed by atoms with Crippen LogP contribution in [0.3, 0.4) is 0 Å². The summed E-state index contributed by atoms with van der Waals surface area (Å²) in [6.07, 6.45) is 6.54. The van der Waals surface area contributed by atoms with Gasteiger partial charge in [-0.2, -0.15) is 0 Å². The summed E-state index contributed by atoms with van der Waals surface area (Å²) >= 11 is 0. The van der Waals surface area contributed by atoms with Gasteiger partial charge in [-0.1, -0.05) is 38.3 Å². The van der Waals surface area contributed by atoms with Gasteiger partial charge in [0, 0.05) is 6.04 Å². The van der Waals surface area contributed by atoms with Gasteiger partial charge in [-0.15, -0.1) is 0 Å². The summed E-state index contributed by atoms with van der Waals surface area (Å²) in [5.74, 6) is 8.29. The monoisotopic (exact) mass is 276 g/mol. The minimum atomic E-state index is 0.241. The van der Waals surface area contributed by atoms with Crippen molar-refractivity contribution in [3.63, 3.8) is 0 Å². The molecule has 3 unspecified atom stereocenters. The third-order valence-corrected chi connectivity index (χ3v) is 4.58. The quantitative estimate of drug-likeness (QED) is 0.613. The van der Waals surface area contributed by atoms with Gasteiger partial charge < -0.3 is 4.74 Å². The lowest BCUT2D eigenvalue weighted by Crippen LogP contribution is -2.35. The number of hydrogen-bond donors (Lipinski definition) is 2. The number of nitrogens with two attached hydrogens (primary N) is 1. The van der Waals surface area contributed by atoms with Crippen LogP contribution in [0.15, 0.2) is 24.3 Å². The molecule has 1 fully saturated rings. The molecule has 0 heterocycles. The topological polar surface area (TPSA) is 47.3 Å². The van der Waals surface area contributed by atoms with Gasteiger partial charge in [0.2, 0.25) is 0 Å². The molecule has 0 radical (unpaired) electrons. The normalized spacial score (nSPS) is 24.4. The maximum atomic E-state index is 5.86. The SMILES string of the molecule is CCOc1cccc(C(NN)C2CCCC(CC)C2)c1. The zero-order chi connectivity index (χ0) is 14.4. The summed E-state index contributed by atoms with van der Waals surface area (Å²) < 4.78 is 5.60. The van der Waals surface area contributed by atoms with E-state index in [-0.39, 0.29) is 6.04 Å². The van der Waals surface area contributed by atoms with Gasteiger partial charge in [0.1, 0.15) is 5.75 Å². The summed E-state index contributed by atoms with van der Waals surface area (Å²) in [5, 5.41) is 0. The van der Waals surface area contributed by atoms with E-state index in [1.807, 2.05) is 13.0 Å². The maximum absolute atomic E-state index is 5.86. The Hall–Kier alpha value is -1.06. The van der Waals surface area contributed by atoms with E-state index in [9.17, 15) is 0 Å². The molecule has 1 aliphatic carbocycles. The lowest BCUT2D eigenvalue weighted by molar-refractivity contribution is 0.209. The van der Waals surface area contributed by atoms with Gasteiger partial charge >= 0.3 is 0 Å². The van der Waals surface area contributed by atoms with Crippen LogP contribution >= 0.6 is 0 Å². The molecule has 3 atom stereocenters. The van der Waals surface area contributed by atoms with E-state index >= 15 is 0 Å². The first kappa shape index (κ1) is 15.3. The van der Waals surface area contributed by atoms with Crippen molar-refractivity contribution >= 4 is 0 Å². The minimum Gasteiger partial charge on any atom is -0.494 e. The Morgan fingerprint density at radius 3 is 2.90 bits per heavy atom. The molecule has 112 valence electrons. The Kier molecular flexibility index (Phi) is 5.86. The molecule has 3 nitrogen and oxygen atoms in total. The van der Waals surface area contributed by atoms with E-state index in [1.54, 1.807) is 0 Å². The minimum absolute atomic E-state index is 0.241. The number of hydrazine groups is 1. The van der Waals surface area contributed by atoms with Crippen LogP contribution in [0.2, 0.25) is 0 Å². The fourth-order valence-corrected chi connectivity index (χ4v) is 3.48. The molecule has 0 bridgehead atoms. The predicted octanol–water partition coefficient (Wildman–Crippen LogP) is 3.81. The fourth-order valence-electron chi connectivity index (χ4n) is 3.48.